The molecule has 0 spiro atoms. The first-order valence-corrected chi connectivity index (χ1v) is 29.0. The Kier molecular flexibility index (Phi) is 34.2. The van der Waals surface area contributed by atoms with E-state index in [1.165, 1.54) is 31.8 Å². The minimum atomic E-state index is -0.685. The first-order valence-electron chi connectivity index (χ1n) is 29.0. The van der Waals surface area contributed by atoms with Crippen molar-refractivity contribution in [2.75, 3.05) is 110 Å². The van der Waals surface area contributed by atoms with E-state index in [1.807, 2.05) is 6.07 Å². The number of esters is 2. The van der Waals surface area contributed by atoms with Gasteiger partial charge in [-0.25, -0.2) is 19.9 Å². The molecule has 2 aliphatic heterocycles. The molecule has 7 N–H and O–H groups in total. The van der Waals surface area contributed by atoms with E-state index in [1.54, 1.807) is 49.3 Å². The summed E-state index contributed by atoms with van der Waals surface area (Å²) in [6, 6.07) is 14.4. The number of nitrogens with zero attached hydrogens (tertiary/aromatic N) is 11. The maximum Gasteiger partial charge on any atom is 0.308 e. The van der Waals surface area contributed by atoms with Gasteiger partial charge in [0.25, 0.3) is 0 Å². The third kappa shape index (κ3) is 26.0. The normalized spacial score (nSPS) is 13.5. The second kappa shape index (κ2) is 41.6. The molecule has 6 heterocycles. The summed E-state index contributed by atoms with van der Waals surface area (Å²) in [6.07, 6.45) is 12.3. The summed E-state index contributed by atoms with van der Waals surface area (Å²) in [5.41, 5.74) is 28.2. The second-order valence-electron chi connectivity index (χ2n) is 19.6. The molecule has 1 amide bonds. The van der Waals surface area contributed by atoms with Gasteiger partial charge >= 0.3 is 11.9 Å². The Labute approximate surface area is 492 Å². The number of carbonyl (C=O) groups excluding carboxylic acids is 3. The molecule has 2 unspecified atom stereocenters. The average Bonchev–Trinajstić information content (AvgIpc) is 3.71. The van der Waals surface area contributed by atoms with Gasteiger partial charge in [-0.3, -0.25) is 14.4 Å². The van der Waals surface area contributed by atoms with Crippen molar-refractivity contribution in [2.24, 2.45) is 16.0 Å². The zero-order valence-electron chi connectivity index (χ0n) is 49.2. The number of anilines is 2. The third-order valence-electron chi connectivity index (χ3n) is 13.5. The molecule has 460 valence electrons. The molecule has 4 aromatic rings. The number of aryl methyl sites for hydroxylation is 4. The molecule has 4 aromatic heterocycles. The van der Waals surface area contributed by atoms with Crippen LogP contribution >= 0.6 is 0 Å². The average molecular weight is 1170 g/mol. The summed E-state index contributed by atoms with van der Waals surface area (Å²) < 4.78 is 31.9. The number of methoxy groups -OCH3 is 2. The number of hydrogen-bond donors (Lipinski definition) is 6. The molecule has 0 radical (unpaired) electrons. The van der Waals surface area contributed by atoms with Crippen LogP contribution in [0.1, 0.15) is 124 Å². The topological polar surface area (TPSA) is 361 Å². The van der Waals surface area contributed by atoms with Gasteiger partial charge in [0.1, 0.15) is 11.6 Å². The molecule has 4 atom stereocenters. The number of carbonyl (C=O) groups is 3. The van der Waals surface area contributed by atoms with Gasteiger partial charge in [-0.15, -0.1) is 0 Å². The van der Waals surface area contributed by atoms with Crippen molar-refractivity contribution in [3.05, 3.63) is 115 Å². The van der Waals surface area contributed by atoms with Gasteiger partial charge in [-0.1, -0.05) is 34.5 Å². The van der Waals surface area contributed by atoms with Gasteiger partial charge in [0, 0.05) is 112 Å². The molecule has 84 heavy (non-hydrogen) atoms. The second-order valence-corrected chi connectivity index (χ2v) is 19.6. The molecule has 0 aliphatic carbocycles. The minimum absolute atomic E-state index is 0.0818. The molecular formula is C58H87N15O11. The monoisotopic (exact) mass is 1170 g/mol. The van der Waals surface area contributed by atoms with Crippen LogP contribution in [-0.4, -0.2) is 165 Å². The van der Waals surface area contributed by atoms with Crippen molar-refractivity contribution >= 4 is 29.5 Å². The quantitative estimate of drug-likeness (QED) is 0.00859. The fourth-order valence-electron chi connectivity index (χ4n) is 8.90. The number of amides is 1. The van der Waals surface area contributed by atoms with E-state index in [9.17, 15) is 24.6 Å². The number of rotatable bonds is 36. The third-order valence-corrected chi connectivity index (χ3v) is 13.5. The van der Waals surface area contributed by atoms with E-state index in [0.717, 1.165) is 93.2 Å². The molecule has 0 fully saturated rings. The van der Waals surface area contributed by atoms with Crippen LogP contribution in [0, 0.1) is 0 Å². The number of hydrogen-bond acceptors (Lipinski definition) is 21. The summed E-state index contributed by atoms with van der Waals surface area (Å²) in [5.74, 6) is 1.92. The Morgan fingerprint density at radius 1 is 0.714 bits per heavy atom. The number of nitrogens with two attached hydrogens (primary N) is 1. The SMILES string of the molecule is CCOC(=O)C[C@@H](c1ccc(OCCCN=[N+]=[N-])nc1)N(CC(CO)OC)C(=O)CCCCc1ccc2c(n1)NCCC2.CCOC(=O)C[C@H](NCC(CO)OC)c1ccc(OCCCN=[N+]=[N-])nc1.NCCCc1ccc2c(n1)NCCC2. The molecule has 6 rings (SSSR count). The Morgan fingerprint density at radius 3 is 1.74 bits per heavy atom. The first-order chi connectivity index (χ1) is 41.0. The lowest BCUT2D eigenvalue weighted by molar-refractivity contribution is -0.147. The van der Waals surface area contributed by atoms with Crippen LogP contribution in [0.5, 0.6) is 11.8 Å². The van der Waals surface area contributed by atoms with Crippen LogP contribution in [0.15, 0.2) is 71.2 Å². The maximum absolute atomic E-state index is 13.7. The lowest BCUT2D eigenvalue weighted by Gasteiger charge is -2.34. The summed E-state index contributed by atoms with van der Waals surface area (Å²) in [7, 11) is 2.98. The minimum Gasteiger partial charge on any atom is -0.478 e. The zero-order chi connectivity index (χ0) is 60.6. The van der Waals surface area contributed by atoms with E-state index < -0.39 is 18.1 Å². The van der Waals surface area contributed by atoms with Crippen LogP contribution in [0.25, 0.3) is 20.9 Å². The lowest BCUT2D eigenvalue weighted by atomic mass is 10.0. The van der Waals surface area contributed by atoms with Crippen molar-refractivity contribution in [1.82, 2.24) is 30.2 Å². The van der Waals surface area contributed by atoms with Gasteiger partial charge in [0.2, 0.25) is 17.7 Å². The van der Waals surface area contributed by atoms with E-state index >= 15 is 0 Å². The van der Waals surface area contributed by atoms with Crippen molar-refractivity contribution in [1.29, 1.82) is 0 Å². The molecule has 2 aliphatic rings. The van der Waals surface area contributed by atoms with E-state index in [4.69, 9.17) is 50.2 Å². The fraction of sp³-hybridized carbons (Fsp3) is 0.603. The standard InChI is InChI=1S/C30H43N7O6.C17H27N5O5.C11H17N3/c1-3-42-29(40)18-26(23-12-14-27(33-19-23)43-17-7-16-34-36-31)37(20-25(21-38)41-2)28(39)10-5-4-9-24-13-11-22-8-6-15-32-30(22)35-24;1-3-26-17(24)9-15(19-11-14(12-23)25-2)13-5-6-16(20-10-13)27-8-4-7-21-22-18;12-7-1-4-10-6-5-9-3-2-8-13-11(9)14-10/h11-14,19,25-26,38H,3-10,15-18,20-21H2,1-2H3,(H,32,35);5-6,10,14-15,19,23H,3-4,7-9,11-12H2,1-2H3;5-6H,1-4,7-8,12H2,(H,13,14)/t25?,26-;14?,15-;/m00./s1. The van der Waals surface area contributed by atoms with Gasteiger partial charge in [-0.2, -0.15) is 0 Å². The summed E-state index contributed by atoms with van der Waals surface area (Å²) >= 11 is 0. The Morgan fingerprint density at radius 2 is 1.25 bits per heavy atom. The number of aliphatic hydroxyl groups is 2. The number of nitrogens with one attached hydrogen (secondary N) is 3. The van der Waals surface area contributed by atoms with Gasteiger partial charge in [0.05, 0.1) is 70.7 Å². The maximum atomic E-state index is 13.7. The number of pyridine rings is 4. The highest BCUT2D eigenvalue weighted by Crippen LogP contribution is 2.29. The number of aliphatic hydroxyl groups excluding tert-OH is 2. The number of ether oxygens (including phenoxy) is 6. The highest BCUT2D eigenvalue weighted by atomic mass is 16.5. The number of aromatic nitrogens is 4. The molecule has 0 aromatic carbocycles. The largest absolute Gasteiger partial charge is 0.478 e. The molecular weight excluding hydrogens is 1080 g/mol. The molecule has 26 nitrogen and oxygen atoms in total. The highest BCUT2D eigenvalue weighted by Gasteiger charge is 2.31. The lowest BCUT2D eigenvalue weighted by Crippen LogP contribution is -2.43. The molecule has 0 bridgehead atoms. The van der Waals surface area contributed by atoms with E-state index in [0.29, 0.717) is 76.0 Å². The van der Waals surface area contributed by atoms with Crippen LogP contribution in [0.3, 0.4) is 0 Å². The van der Waals surface area contributed by atoms with Gasteiger partial charge in [-0.05, 0) is 136 Å². The van der Waals surface area contributed by atoms with Crippen molar-refractivity contribution in [3.63, 3.8) is 0 Å². The van der Waals surface area contributed by atoms with Crippen LogP contribution in [0.2, 0.25) is 0 Å². The molecule has 26 heteroatoms. The Bertz CT molecular complexity index is 2620. The van der Waals surface area contributed by atoms with Gasteiger partial charge in [0.15, 0.2) is 0 Å². The Hall–Kier alpha value is -7.41. The van der Waals surface area contributed by atoms with Crippen LogP contribution in [0.4, 0.5) is 11.6 Å². The first kappa shape index (κ1) is 69.1. The summed E-state index contributed by atoms with van der Waals surface area (Å²) in [6.45, 7) is 8.18. The van der Waals surface area contributed by atoms with Crippen molar-refractivity contribution < 1.29 is 53.0 Å². The zero-order valence-corrected chi connectivity index (χ0v) is 49.2. The van der Waals surface area contributed by atoms with Crippen LogP contribution in [-0.2, 0) is 59.0 Å². The smallest absolute Gasteiger partial charge is 0.308 e. The molecule has 0 saturated heterocycles. The fourth-order valence-corrected chi connectivity index (χ4v) is 8.90. The molecule has 0 saturated carbocycles. The van der Waals surface area contributed by atoms with Crippen molar-refractivity contribution in [3.8, 4) is 11.8 Å². The summed E-state index contributed by atoms with van der Waals surface area (Å²) in [4.78, 5) is 63.1. The number of fused-ring (bicyclic) bond motifs is 2. The van der Waals surface area contributed by atoms with Gasteiger partial charge < -0.3 is 65.2 Å². The predicted octanol–water partition coefficient (Wildman–Crippen LogP) is 7.24. The number of azide groups is 2. The van der Waals surface area contributed by atoms with Crippen LogP contribution < -0.4 is 31.2 Å². The van der Waals surface area contributed by atoms with E-state index in [2.05, 4.69) is 75.2 Å². The Balaban J connectivity index is 0.000000311. The number of unbranched alkanes of at least 4 members (excludes halogenated alkanes) is 1. The summed E-state index contributed by atoms with van der Waals surface area (Å²) in [5, 5.41) is 35.9. The van der Waals surface area contributed by atoms with E-state index in [-0.39, 0.29) is 69.7 Å². The van der Waals surface area contributed by atoms with Crippen molar-refractivity contribution in [2.45, 2.75) is 128 Å². The predicted molar refractivity (Wildman–Crippen MR) is 317 cm³/mol. The highest BCUT2D eigenvalue weighted by molar-refractivity contribution is 5.78.